The molecule has 1 saturated heterocycles. The summed E-state index contributed by atoms with van der Waals surface area (Å²) in [6.45, 7) is 10.9. The normalized spacial score (nSPS) is 25.9. The van der Waals surface area contributed by atoms with Crippen LogP contribution in [0.3, 0.4) is 0 Å². The summed E-state index contributed by atoms with van der Waals surface area (Å²) in [7, 11) is 0. The molecule has 1 aliphatic rings. The molecule has 4 nitrogen and oxygen atoms in total. The number of aliphatic carboxylic acids is 1. The van der Waals surface area contributed by atoms with E-state index in [9.17, 15) is 4.79 Å². The quantitative estimate of drug-likeness (QED) is 0.729. The van der Waals surface area contributed by atoms with E-state index in [0.29, 0.717) is 0 Å². The predicted octanol–water partition coefficient (Wildman–Crippen LogP) is 0.779. The molecule has 1 heterocycles. The first kappa shape index (κ1) is 12.5. The van der Waals surface area contributed by atoms with Gasteiger partial charge >= 0.3 is 5.97 Å². The Labute approximate surface area is 91.6 Å². The van der Waals surface area contributed by atoms with Gasteiger partial charge in [0.05, 0.1) is 5.92 Å². The van der Waals surface area contributed by atoms with Gasteiger partial charge in [-0.3, -0.25) is 9.69 Å². The third-order valence-electron chi connectivity index (χ3n) is 3.47. The third-order valence-corrected chi connectivity index (χ3v) is 3.47. The Morgan fingerprint density at radius 2 is 2.07 bits per heavy atom. The second kappa shape index (κ2) is 4.49. The number of nitrogens with one attached hydrogen (secondary N) is 1. The van der Waals surface area contributed by atoms with Crippen molar-refractivity contribution in [1.82, 2.24) is 10.2 Å². The molecule has 0 aromatic heterocycles. The molecule has 1 aliphatic heterocycles. The molecule has 88 valence electrons. The fourth-order valence-electron chi connectivity index (χ4n) is 2.23. The van der Waals surface area contributed by atoms with Crippen molar-refractivity contribution in [3.05, 3.63) is 0 Å². The number of carboxylic acids is 1. The maximum absolute atomic E-state index is 11.0. The Hall–Kier alpha value is -0.610. The molecular weight excluding hydrogens is 192 g/mol. The molecule has 0 bridgehead atoms. The van der Waals surface area contributed by atoms with Crippen LogP contribution >= 0.6 is 0 Å². The molecule has 0 aliphatic carbocycles. The van der Waals surface area contributed by atoms with Gasteiger partial charge in [-0.1, -0.05) is 6.92 Å². The summed E-state index contributed by atoms with van der Waals surface area (Å²) in [5, 5.41) is 12.3. The van der Waals surface area contributed by atoms with Gasteiger partial charge in [-0.15, -0.1) is 0 Å². The largest absolute Gasteiger partial charge is 0.481 e. The smallest absolute Gasteiger partial charge is 0.307 e. The van der Waals surface area contributed by atoms with Gasteiger partial charge in [-0.25, -0.2) is 0 Å². The van der Waals surface area contributed by atoms with Crippen molar-refractivity contribution in [2.24, 2.45) is 5.92 Å². The molecule has 2 unspecified atom stereocenters. The van der Waals surface area contributed by atoms with E-state index < -0.39 is 5.97 Å². The van der Waals surface area contributed by atoms with E-state index in [-0.39, 0.29) is 17.5 Å². The standard InChI is InChI=1S/C11H22N2O2/c1-8(10(14)15)9(2)13-6-5-12-7-11(13,3)4/h8-9,12H,5-7H2,1-4H3,(H,14,15). The molecule has 4 heteroatoms. The Morgan fingerprint density at radius 1 is 1.47 bits per heavy atom. The maximum Gasteiger partial charge on any atom is 0.307 e. The molecule has 0 spiro atoms. The minimum absolute atomic E-state index is 0.0430. The molecule has 0 radical (unpaired) electrons. The second-order valence-electron chi connectivity index (χ2n) is 5.05. The Balaban J connectivity index is 2.72. The van der Waals surface area contributed by atoms with Gasteiger partial charge in [0.15, 0.2) is 0 Å². The number of hydrogen-bond acceptors (Lipinski definition) is 3. The summed E-state index contributed by atoms with van der Waals surface area (Å²) >= 11 is 0. The zero-order chi connectivity index (χ0) is 11.6. The summed E-state index contributed by atoms with van der Waals surface area (Å²) in [5.74, 6) is -1.03. The van der Waals surface area contributed by atoms with Crippen LogP contribution in [0.25, 0.3) is 0 Å². The number of piperazine rings is 1. The van der Waals surface area contributed by atoms with Gasteiger partial charge in [0.2, 0.25) is 0 Å². The van der Waals surface area contributed by atoms with E-state index >= 15 is 0 Å². The lowest BCUT2D eigenvalue weighted by molar-refractivity contribution is -0.144. The highest BCUT2D eigenvalue weighted by atomic mass is 16.4. The first-order chi connectivity index (χ1) is 6.86. The average Bonchev–Trinajstić information content (AvgIpc) is 2.15. The Morgan fingerprint density at radius 3 is 2.53 bits per heavy atom. The molecule has 0 amide bonds. The minimum atomic E-state index is -0.711. The van der Waals surface area contributed by atoms with Crippen LogP contribution < -0.4 is 5.32 Å². The van der Waals surface area contributed by atoms with Crippen molar-refractivity contribution in [1.29, 1.82) is 0 Å². The van der Waals surface area contributed by atoms with Crippen molar-refractivity contribution in [3.63, 3.8) is 0 Å². The van der Waals surface area contributed by atoms with Crippen LogP contribution in [0, 0.1) is 5.92 Å². The van der Waals surface area contributed by atoms with Crippen molar-refractivity contribution in [2.75, 3.05) is 19.6 Å². The van der Waals surface area contributed by atoms with E-state index in [1.807, 2.05) is 6.92 Å². The van der Waals surface area contributed by atoms with Crippen LogP contribution in [0.1, 0.15) is 27.7 Å². The van der Waals surface area contributed by atoms with Crippen molar-refractivity contribution >= 4 is 5.97 Å². The lowest BCUT2D eigenvalue weighted by Gasteiger charge is -2.47. The van der Waals surface area contributed by atoms with E-state index in [1.165, 1.54) is 0 Å². The van der Waals surface area contributed by atoms with Crippen LogP contribution in [0.4, 0.5) is 0 Å². The van der Waals surface area contributed by atoms with Gasteiger partial charge in [-0.05, 0) is 20.8 Å². The number of hydrogen-bond donors (Lipinski definition) is 2. The van der Waals surface area contributed by atoms with Gasteiger partial charge in [0.1, 0.15) is 0 Å². The summed E-state index contributed by atoms with van der Waals surface area (Å²) in [6.07, 6.45) is 0. The van der Waals surface area contributed by atoms with Gasteiger partial charge in [0, 0.05) is 31.2 Å². The highest BCUT2D eigenvalue weighted by Gasteiger charge is 2.36. The molecule has 1 fully saturated rings. The molecule has 0 aromatic carbocycles. The number of carbonyl (C=O) groups is 1. The highest BCUT2D eigenvalue weighted by molar-refractivity contribution is 5.70. The van der Waals surface area contributed by atoms with Crippen LogP contribution in [0.5, 0.6) is 0 Å². The van der Waals surface area contributed by atoms with Crippen LogP contribution in [-0.2, 0) is 4.79 Å². The van der Waals surface area contributed by atoms with Gasteiger partial charge in [0.25, 0.3) is 0 Å². The topological polar surface area (TPSA) is 52.6 Å². The van der Waals surface area contributed by atoms with E-state index in [1.54, 1.807) is 6.92 Å². The average molecular weight is 214 g/mol. The Kier molecular flexibility index (Phi) is 3.73. The Bertz CT molecular complexity index is 241. The van der Waals surface area contributed by atoms with Crippen LogP contribution in [0.2, 0.25) is 0 Å². The third kappa shape index (κ3) is 2.69. The fraction of sp³-hybridized carbons (Fsp3) is 0.909. The lowest BCUT2D eigenvalue weighted by Crippen LogP contribution is -2.62. The number of nitrogens with zero attached hydrogens (tertiary/aromatic N) is 1. The molecule has 15 heavy (non-hydrogen) atoms. The number of carboxylic acid groups (broad SMARTS) is 1. The van der Waals surface area contributed by atoms with Crippen molar-refractivity contribution in [2.45, 2.75) is 39.3 Å². The first-order valence-corrected chi connectivity index (χ1v) is 5.56. The molecule has 2 N–H and O–H groups in total. The second-order valence-corrected chi connectivity index (χ2v) is 5.05. The van der Waals surface area contributed by atoms with Crippen molar-refractivity contribution in [3.8, 4) is 0 Å². The van der Waals surface area contributed by atoms with Crippen LogP contribution in [-0.4, -0.2) is 47.2 Å². The summed E-state index contributed by atoms with van der Waals surface area (Å²) in [4.78, 5) is 13.2. The lowest BCUT2D eigenvalue weighted by atomic mass is 9.93. The summed E-state index contributed by atoms with van der Waals surface area (Å²) in [5.41, 5.74) is 0.0430. The molecule has 2 atom stereocenters. The van der Waals surface area contributed by atoms with E-state index in [2.05, 4.69) is 24.1 Å². The summed E-state index contributed by atoms with van der Waals surface area (Å²) < 4.78 is 0. The molecule has 1 rings (SSSR count). The minimum Gasteiger partial charge on any atom is -0.481 e. The van der Waals surface area contributed by atoms with Gasteiger partial charge in [-0.2, -0.15) is 0 Å². The maximum atomic E-state index is 11.0. The predicted molar refractivity (Wildman–Crippen MR) is 59.9 cm³/mol. The SMILES string of the molecule is CC(C(=O)O)C(C)N1CCNCC1(C)C. The molecular formula is C11H22N2O2. The zero-order valence-corrected chi connectivity index (χ0v) is 10.1. The molecule has 0 saturated carbocycles. The first-order valence-electron chi connectivity index (χ1n) is 5.56. The monoisotopic (exact) mass is 214 g/mol. The van der Waals surface area contributed by atoms with Gasteiger partial charge < -0.3 is 10.4 Å². The zero-order valence-electron chi connectivity index (χ0n) is 10.1. The van der Waals surface area contributed by atoms with Crippen LogP contribution in [0.15, 0.2) is 0 Å². The summed E-state index contributed by atoms with van der Waals surface area (Å²) in [6, 6.07) is 0.0830. The molecule has 0 aromatic rings. The van der Waals surface area contributed by atoms with E-state index in [0.717, 1.165) is 19.6 Å². The fourth-order valence-corrected chi connectivity index (χ4v) is 2.23. The van der Waals surface area contributed by atoms with E-state index in [4.69, 9.17) is 5.11 Å². The number of rotatable bonds is 3. The highest BCUT2D eigenvalue weighted by Crippen LogP contribution is 2.23. The van der Waals surface area contributed by atoms with Crippen molar-refractivity contribution < 1.29 is 9.90 Å².